The molecule has 0 saturated carbocycles. The first-order chi connectivity index (χ1) is 8.04. The standard InChI is InChI=1S/C4H6O3.C4H6O2.C3H8O2/c1-3(5)2-4(6)7;1-3(2)4(5)6;1-3(5)2-4/h2H2,1H3,(H,6,7);1H2,2H3,(H,5,6);3-5H,2H2,1H3. The fourth-order valence-electron chi connectivity index (χ4n) is 0.213. The third-order valence-corrected chi connectivity index (χ3v) is 1.03. The second kappa shape index (κ2) is 13.3. The van der Waals surface area contributed by atoms with E-state index in [1.165, 1.54) is 20.8 Å². The fraction of sp³-hybridized carbons (Fsp3) is 0.545. The van der Waals surface area contributed by atoms with E-state index in [1.54, 1.807) is 0 Å². The lowest BCUT2D eigenvalue weighted by Gasteiger charge is -1.90. The highest BCUT2D eigenvalue weighted by Gasteiger charge is 1.98. The molecule has 106 valence electrons. The van der Waals surface area contributed by atoms with Crippen molar-refractivity contribution in [3.8, 4) is 0 Å². The Morgan fingerprint density at radius 3 is 1.44 bits per heavy atom. The van der Waals surface area contributed by atoms with Crippen molar-refractivity contribution >= 4 is 17.7 Å². The van der Waals surface area contributed by atoms with Crippen molar-refractivity contribution in [2.24, 2.45) is 0 Å². The van der Waals surface area contributed by atoms with Gasteiger partial charge in [-0.2, -0.15) is 0 Å². The van der Waals surface area contributed by atoms with E-state index in [0.717, 1.165) is 0 Å². The van der Waals surface area contributed by atoms with Crippen LogP contribution in [0.1, 0.15) is 27.2 Å². The molecule has 18 heavy (non-hydrogen) atoms. The number of rotatable bonds is 4. The van der Waals surface area contributed by atoms with Gasteiger partial charge >= 0.3 is 11.9 Å². The Morgan fingerprint density at radius 2 is 1.44 bits per heavy atom. The zero-order valence-corrected chi connectivity index (χ0v) is 10.7. The maximum absolute atomic E-state index is 9.87. The van der Waals surface area contributed by atoms with Crippen molar-refractivity contribution in [3.05, 3.63) is 12.2 Å². The smallest absolute Gasteiger partial charge is 0.330 e. The number of carboxylic acids is 2. The Bertz CT molecular complexity index is 257. The summed E-state index contributed by atoms with van der Waals surface area (Å²) in [5, 5.41) is 31.8. The predicted molar refractivity (Wildman–Crippen MR) is 64.2 cm³/mol. The van der Waals surface area contributed by atoms with Gasteiger partial charge in [0, 0.05) is 5.57 Å². The molecule has 1 atom stereocenters. The molecule has 1 unspecified atom stereocenters. The second-order valence-electron chi connectivity index (χ2n) is 3.39. The van der Waals surface area contributed by atoms with Crippen molar-refractivity contribution in [1.29, 1.82) is 0 Å². The minimum absolute atomic E-state index is 0.139. The molecule has 0 amide bonds. The van der Waals surface area contributed by atoms with Gasteiger partial charge in [-0.25, -0.2) is 4.79 Å². The monoisotopic (exact) mass is 264 g/mol. The number of carbonyl (C=O) groups is 3. The van der Waals surface area contributed by atoms with Gasteiger partial charge < -0.3 is 20.4 Å². The van der Waals surface area contributed by atoms with Gasteiger partial charge in [0.1, 0.15) is 12.2 Å². The average Bonchev–Trinajstić information content (AvgIpc) is 2.17. The molecule has 7 nitrogen and oxygen atoms in total. The molecule has 0 rings (SSSR count). The van der Waals surface area contributed by atoms with Gasteiger partial charge in [0.15, 0.2) is 0 Å². The quantitative estimate of drug-likeness (QED) is 0.416. The molecule has 0 saturated heterocycles. The molecule has 0 aromatic carbocycles. The number of aliphatic hydroxyl groups excluding tert-OH is 2. The number of carboxylic acid groups (broad SMARTS) is 2. The van der Waals surface area contributed by atoms with Gasteiger partial charge in [0.2, 0.25) is 0 Å². The average molecular weight is 264 g/mol. The summed E-state index contributed by atoms with van der Waals surface area (Å²) >= 11 is 0. The van der Waals surface area contributed by atoms with Gasteiger partial charge in [-0.3, -0.25) is 9.59 Å². The minimum atomic E-state index is -1.06. The van der Waals surface area contributed by atoms with Gasteiger partial charge in [0.05, 0.1) is 12.7 Å². The molecule has 0 bridgehead atoms. The van der Waals surface area contributed by atoms with Crippen LogP contribution in [-0.4, -0.2) is 50.9 Å². The van der Waals surface area contributed by atoms with Crippen LogP contribution in [0.4, 0.5) is 0 Å². The van der Waals surface area contributed by atoms with E-state index >= 15 is 0 Å². The van der Waals surface area contributed by atoms with Crippen LogP contribution in [0.2, 0.25) is 0 Å². The van der Waals surface area contributed by atoms with Gasteiger partial charge in [-0.05, 0) is 20.8 Å². The molecule has 0 heterocycles. The summed E-state index contributed by atoms with van der Waals surface area (Å²) in [5.41, 5.74) is 0.176. The topological polar surface area (TPSA) is 132 Å². The summed E-state index contributed by atoms with van der Waals surface area (Å²) in [5.74, 6) is -2.31. The third kappa shape index (κ3) is 36.7. The van der Waals surface area contributed by atoms with Crippen LogP contribution in [0.5, 0.6) is 0 Å². The number of hydrogen-bond acceptors (Lipinski definition) is 5. The molecule has 0 aromatic rings. The molecular formula is C11H20O7. The SMILES string of the molecule is C=C(C)C(=O)O.CC(=O)CC(=O)O.CC(O)CO. The van der Waals surface area contributed by atoms with Gasteiger partial charge in [-0.1, -0.05) is 6.58 Å². The number of Topliss-reactive ketones (excluding diaryl/α,β-unsaturated/α-hetero) is 1. The van der Waals surface area contributed by atoms with Crippen molar-refractivity contribution in [2.45, 2.75) is 33.3 Å². The lowest BCUT2D eigenvalue weighted by Crippen LogP contribution is -2.03. The number of ketones is 1. The third-order valence-electron chi connectivity index (χ3n) is 1.03. The van der Waals surface area contributed by atoms with Gasteiger partial charge in [0.25, 0.3) is 0 Å². The maximum Gasteiger partial charge on any atom is 0.330 e. The highest BCUT2D eigenvalue weighted by molar-refractivity contribution is 5.93. The highest BCUT2D eigenvalue weighted by atomic mass is 16.4. The van der Waals surface area contributed by atoms with Crippen LogP contribution in [0.3, 0.4) is 0 Å². The molecule has 4 N–H and O–H groups in total. The van der Waals surface area contributed by atoms with E-state index in [-0.39, 0.29) is 24.4 Å². The summed E-state index contributed by atoms with van der Waals surface area (Å²) in [4.78, 5) is 29.1. The van der Waals surface area contributed by atoms with E-state index in [0.29, 0.717) is 0 Å². The lowest BCUT2D eigenvalue weighted by molar-refractivity contribution is -0.139. The lowest BCUT2D eigenvalue weighted by atomic mass is 10.3. The Morgan fingerprint density at radius 1 is 1.17 bits per heavy atom. The van der Waals surface area contributed by atoms with Crippen molar-refractivity contribution < 1.29 is 34.8 Å². The minimum Gasteiger partial charge on any atom is -0.481 e. The van der Waals surface area contributed by atoms with E-state index < -0.39 is 18.0 Å². The van der Waals surface area contributed by atoms with E-state index in [1.807, 2.05) is 0 Å². The van der Waals surface area contributed by atoms with Crippen molar-refractivity contribution in [2.75, 3.05) is 6.61 Å². The van der Waals surface area contributed by atoms with Crippen LogP contribution in [0.25, 0.3) is 0 Å². The summed E-state index contributed by atoms with van der Waals surface area (Å²) in [7, 11) is 0. The van der Waals surface area contributed by atoms with Crippen LogP contribution >= 0.6 is 0 Å². The van der Waals surface area contributed by atoms with E-state index in [9.17, 15) is 14.4 Å². The van der Waals surface area contributed by atoms with Crippen molar-refractivity contribution in [1.82, 2.24) is 0 Å². The summed E-state index contributed by atoms with van der Waals surface area (Å²) < 4.78 is 0. The molecule has 0 spiro atoms. The Hall–Kier alpha value is -1.73. The zero-order chi connectivity index (χ0) is 15.3. The van der Waals surface area contributed by atoms with Gasteiger partial charge in [-0.15, -0.1) is 0 Å². The molecule has 0 aliphatic carbocycles. The number of hydrogen-bond donors (Lipinski definition) is 4. The molecule has 0 aliphatic heterocycles. The Kier molecular flexibility index (Phi) is 16.0. The molecule has 7 heteroatoms. The molecular weight excluding hydrogens is 244 g/mol. The zero-order valence-electron chi connectivity index (χ0n) is 10.7. The number of aliphatic carboxylic acids is 2. The molecule has 0 aliphatic rings. The second-order valence-corrected chi connectivity index (χ2v) is 3.39. The normalized spacial score (nSPS) is 9.83. The first-order valence-electron chi connectivity index (χ1n) is 4.93. The van der Waals surface area contributed by atoms with Crippen molar-refractivity contribution in [3.63, 3.8) is 0 Å². The van der Waals surface area contributed by atoms with Crippen LogP contribution in [-0.2, 0) is 14.4 Å². The Labute approximate surface area is 105 Å². The predicted octanol–water partition coefficient (Wildman–Crippen LogP) is 0.0567. The van der Waals surface area contributed by atoms with Crippen LogP contribution < -0.4 is 0 Å². The van der Waals surface area contributed by atoms with Crippen LogP contribution in [0.15, 0.2) is 12.2 Å². The largest absolute Gasteiger partial charge is 0.481 e. The van der Waals surface area contributed by atoms with E-state index in [2.05, 4.69) is 6.58 Å². The molecule has 0 aromatic heterocycles. The number of aliphatic hydroxyl groups is 2. The molecule has 0 radical (unpaired) electrons. The first kappa shape index (κ1) is 21.5. The first-order valence-corrected chi connectivity index (χ1v) is 4.93. The highest BCUT2D eigenvalue weighted by Crippen LogP contribution is 1.81. The summed E-state index contributed by atoms with van der Waals surface area (Å²) in [6.45, 7) is 7.23. The van der Waals surface area contributed by atoms with Crippen LogP contribution in [0, 0.1) is 0 Å². The Balaban J connectivity index is -0.000000190. The maximum atomic E-state index is 9.87. The fourth-order valence-corrected chi connectivity index (χ4v) is 0.213. The summed E-state index contributed by atoms with van der Waals surface area (Å²) in [6, 6.07) is 0. The number of carbonyl (C=O) groups excluding carboxylic acids is 1. The summed E-state index contributed by atoms with van der Waals surface area (Å²) in [6.07, 6.45) is -0.921. The molecule has 0 fully saturated rings. The van der Waals surface area contributed by atoms with E-state index in [4.69, 9.17) is 20.4 Å².